The summed E-state index contributed by atoms with van der Waals surface area (Å²) in [5, 5.41) is 0. The molecule has 2 aromatic rings. The number of nitrogens with zero attached hydrogens (tertiary/aromatic N) is 1. The number of benzene rings is 2. The van der Waals surface area contributed by atoms with Gasteiger partial charge in [0, 0.05) is 25.9 Å². The van der Waals surface area contributed by atoms with Crippen molar-refractivity contribution in [3.8, 4) is 0 Å². The highest BCUT2D eigenvalue weighted by Gasteiger charge is 2.19. The first kappa shape index (κ1) is 14.3. The molecule has 2 nitrogen and oxygen atoms in total. The predicted octanol–water partition coefficient (Wildman–Crippen LogP) is 3.69. The summed E-state index contributed by atoms with van der Waals surface area (Å²) in [6.45, 7) is 2.74. The van der Waals surface area contributed by atoms with Crippen molar-refractivity contribution in [3.63, 3.8) is 0 Å². The van der Waals surface area contributed by atoms with E-state index in [1.807, 2.05) is 50.4 Å². The molecule has 0 aliphatic heterocycles. The third-order valence-corrected chi connectivity index (χ3v) is 3.68. The van der Waals surface area contributed by atoms with E-state index < -0.39 is 0 Å². The maximum absolute atomic E-state index is 12.3. The van der Waals surface area contributed by atoms with Gasteiger partial charge in [-0.25, -0.2) is 0 Å². The Morgan fingerprint density at radius 2 is 1.40 bits per heavy atom. The monoisotopic (exact) mass is 267 g/mol. The Morgan fingerprint density at radius 1 is 0.950 bits per heavy atom. The van der Waals surface area contributed by atoms with Gasteiger partial charge in [0.2, 0.25) is 5.91 Å². The Labute approximate surface area is 121 Å². The molecule has 2 heteroatoms. The van der Waals surface area contributed by atoms with Gasteiger partial charge in [0.05, 0.1) is 0 Å². The molecule has 0 aliphatic carbocycles. The summed E-state index contributed by atoms with van der Waals surface area (Å²) in [5.74, 6) is 0.309. The van der Waals surface area contributed by atoms with E-state index in [0.29, 0.717) is 6.42 Å². The lowest BCUT2D eigenvalue weighted by molar-refractivity contribution is -0.129. The van der Waals surface area contributed by atoms with Crippen LogP contribution in [0.3, 0.4) is 0 Å². The molecule has 2 rings (SSSR count). The molecule has 0 aromatic heterocycles. The number of hydrogen-bond donors (Lipinski definition) is 0. The van der Waals surface area contributed by atoms with Crippen LogP contribution in [0.5, 0.6) is 0 Å². The second-order valence-electron chi connectivity index (χ2n) is 4.99. The second-order valence-corrected chi connectivity index (χ2v) is 4.99. The molecule has 0 N–H and O–H groups in total. The first-order valence-corrected chi connectivity index (χ1v) is 7.06. The summed E-state index contributed by atoms with van der Waals surface area (Å²) < 4.78 is 0. The van der Waals surface area contributed by atoms with Crippen molar-refractivity contribution in [2.24, 2.45) is 0 Å². The zero-order chi connectivity index (χ0) is 14.4. The normalized spacial score (nSPS) is 10.6. The highest BCUT2D eigenvalue weighted by Crippen LogP contribution is 2.28. The van der Waals surface area contributed by atoms with Crippen molar-refractivity contribution in [1.29, 1.82) is 0 Å². The summed E-state index contributed by atoms with van der Waals surface area (Å²) in [7, 11) is 1.86. The minimum Gasteiger partial charge on any atom is -0.346 e. The van der Waals surface area contributed by atoms with E-state index in [1.165, 1.54) is 11.1 Å². The molecule has 2 aromatic carbocycles. The highest BCUT2D eigenvalue weighted by atomic mass is 16.2. The van der Waals surface area contributed by atoms with Crippen molar-refractivity contribution < 1.29 is 4.79 Å². The number of carbonyl (C=O) groups is 1. The molecule has 0 saturated heterocycles. The van der Waals surface area contributed by atoms with Gasteiger partial charge < -0.3 is 4.90 Å². The molecule has 0 spiro atoms. The summed E-state index contributed by atoms with van der Waals surface area (Å²) >= 11 is 0. The fraction of sp³-hybridized carbons (Fsp3) is 0.278. The Morgan fingerprint density at radius 3 is 1.80 bits per heavy atom. The van der Waals surface area contributed by atoms with Crippen LogP contribution in [0.1, 0.15) is 30.4 Å². The average Bonchev–Trinajstić information content (AvgIpc) is 2.53. The number of carbonyl (C=O) groups excluding carboxylic acids is 1. The van der Waals surface area contributed by atoms with E-state index in [2.05, 4.69) is 24.3 Å². The minimum atomic E-state index is 0.124. The van der Waals surface area contributed by atoms with Gasteiger partial charge in [-0.2, -0.15) is 0 Å². The van der Waals surface area contributed by atoms with E-state index in [0.717, 1.165) is 6.54 Å². The van der Waals surface area contributed by atoms with Crippen LogP contribution in [0.15, 0.2) is 60.7 Å². The van der Waals surface area contributed by atoms with Gasteiger partial charge in [0.1, 0.15) is 0 Å². The van der Waals surface area contributed by atoms with Crippen LogP contribution < -0.4 is 0 Å². The van der Waals surface area contributed by atoms with Crippen molar-refractivity contribution in [2.75, 3.05) is 13.6 Å². The van der Waals surface area contributed by atoms with Crippen LogP contribution in [0, 0.1) is 0 Å². The largest absolute Gasteiger partial charge is 0.346 e. The lowest BCUT2D eigenvalue weighted by Gasteiger charge is -2.21. The molecule has 0 aliphatic rings. The average molecular weight is 267 g/mol. The molecule has 104 valence electrons. The fourth-order valence-electron chi connectivity index (χ4n) is 2.31. The van der Waals surface area contributed by atoms with E-state index >= 15 is 0 Å². The highest BCUT2D eigenvalue weighted by molar-refractivity contribution is 5.77. The Kier molecular flexibility index (Phi) is 4.94. The van der Waals surface area contributed by atoms with Crippen molar-refractivity contribution in [2.45, 2.75) is 19.3 Å². The third kappa shape index (κ3) is 3.47. The van der Waals surface area contributed by atoms with Gasteiger partial charge in [-0.15, -0.1) is 0 Å². The van der Waals surface area contributed by atoms with Crippen LogP contribution in [-0.4, -0.2) is 24.4 Å². The fourth-order valence-corrected chi connectivity index (χ4v) is 2.31. The summed E-state index contributed by atoms with van der Waals surface area (Å²) in [6, 6.07) is 20.5. The lowest BCUT2D eigenvalue weighted by atomic mass is 9.88. The first-order valence-electron chi connectivity index (χ1n) is 7.06. The zero-order valence-electron chi connectivity index (χ0n) is 12.1. The lowest BCUT2D eigenvalue weighted by Crippen LogP contribution is -2.27. The van der Waals surface area contributed by atoms with Crippen molar-refractivity contribution in [3.05, 3.63) is 71.8 Å². The maximum atomic E-state index is 12.3. The minimum absolute atomic E-state index is 0.124. The molecule has 0 bridgehead atoms. The van der Waals surface area contributed by atoms with E-state index in [-0.39, 0.29) is 11.8 Å². The van der Waals surface area contributed by atoms with Crippen LogP contribution >= 0.6 is 0 Å². The smallest absolute Gasteiger partial charge is 0.223 e. The number of rotatable bonds is 5. The van der Waals surface area contributed by atoms with Crippen molar-refractivity contribution >= 4 is 5.91 Å². The molecular weight excluding hydrogens is 246 g/mol. The molecule has 0 radical (unpaired) electrons. The van der Waals surface area contributed by atoms with E-state index in [9.17, 15) is 4.79 Å². The quantitative estimate of drug-likeness (QED) is 0.809. The molecule has 0 heterocycles. The summed E-state index contributed by atoms with van der Waals surface area (Å²) in [4.78, 5) is 14.0. The second kappa shape index (κ2) is 6.90. The number of hydrogen-bond acceptors (Lipinski definition) is 1. The van der Waals surface area contributed by atoms with Crippen LogP contribution in [0.4, 0.5) is 0 Å². The Hall–Kier alpha value is -2.09. The van der Waals surface area contributed by atoms with Gasteiger partial charge >= 0.3 is 0 Å². The summed E-state index contributed by atoms with van der Waals surface area (Å²) in [6.07, 6.45) is 0.512. The maximum Gasteiger partial charge on any atom is 0.223 e. The van der Waals surface area contributed by atoms with Crippen LogP contribution in [0.2, 0.25) is 0 Å². The Bertz CT molecular complexity index is 496. The molecule has 0 atom stereocenters. The predicted molar refractivity (Wildman–Crippen MR) is 82.7 cm³/mol. The molecule has 1 amide bonds. The van der Waals surface area contributed by atoms with Crippen LogP contribution in [-0.2, 0) is 4.79 Å². The van der Waals surface area contributed by atoms with Crippen LogP contribution in [0.25, 0.3) is 0 Å². The van der Waals surface area contributed by atoms with E-state index in [4.69, 9.17) is 0 Å². The van der Waals surface area contributed by atoms with E-state index in [1.54, 1.807) is 4.90 Å². The summed E-state index contributed by atoms with van der Waals surface area (Å²) in [5.41, 5.74) is 2.38. The Balaban J connectivity index is 2.28. The van der Waals surface area contributed by atoms with Gasteiger partial charge in [0.25, 0.3) is 0 Å². The molecule has 0 fully saturated rings. The third-order valence-electron chi connectivity index (χ3n) is 3.68. The molecule has 20 heavy (non-hydrogen) atoms. The van der Waals surface area contributed by atoms with Crippen molar-refractivity contribution in [1.82, 2.24) is 4.90 Å². The van der Waals surface area contributed by atoms with Gasteiger partial charge in [-0.05, 0) is 18.1 Å². The van der Waals surface area contributed by atoms with Gasteiger partial charge in [0.15, 0.2) is 0 Å². The SMILES string of the molecule is CCN(C)C(=O)CC(c1ccccc1)c1ccccc1. The first-order chi connectivity index (χ1) is 9.72. The number of amides is 1. The molecule has 0 unspecified atom stereocenters. The van der Waals surface area contributed by atoms with Gasteiger partial charge in [-0.3, -0.25) is 4.79 Å². The molecular formula is C18H21NO. The van der Waals surface area contributed by atoms with Gasteiger partial charge in [-0.1, -0.05) is 60.7 Å². The molecule has 0 saturated carbocycles. The zero-order valence-corrected chi connectivity index (χ0v) is 12.1. The standard InChI is InChI=1S/C18H21NO/c1-3-19(2)18(20)14-17(15-10-6-4-7-11-15)16-12-8-5-9-13-16/h4-13,17H,3,14H2,1-2H3. The topological polar surface area (TPSA) is 20.3 Å².